The van der Waals surface area contributed by atoms with E-state index in [0.29, 0.717) is 12.1 Å². The van der Waals surface area contributed by atoms with Gasteiger partial charge in [-0.15, -0.1) is 0 Å². The molecular weight excluding hydrogens is 262 g/mol. The maximum absolute atomic E-state index is 5.94. The molecule has 4 nitrogen and oxygen atoms in total. The lowest BCUT2D eigenvalue weighted by Gasteiger charge is -2.42. The summed E-state index contributed by atoms with van der Waals surface area (Å²) in [5, 5.41) is 3.51. The van der Waals surface area contributed by atoms with Gasteiger partial charge in [-0.25, -0.2) is 4.98 Å². The van der Waals surface area contributed by atoms with E-state index in [1.807, 2.05) is 6.20 Å². The minimum absolute atomic E-state index is 0.422. The van der Waals surface area contributed by atoms with Crippen molar-refractivity contribution in [2.75, 3.05) is 31.1 Å². The minimum atomic E-state index is 0.422. The molecule has 2 fully saturated rings. The fourth-order valence-electron chi connectivity index (χ4n) is 4.05. The number of piperazine rings is 1. The van der Waals surface area contributed by atoms with Crippen LogP contribution in [0.4, 0.5) is 5.82 Å². The van der Waals surface area contributed by atoms with Crippen LogP contribution in [0.2, 0.25) is 0 Å². The van der Waals surface area contributed by atoms with Crippen molar-refractivity contribution in [3.63, 3.8) is 0 Å². The van der Waals surface area contributed by atoms with Gasteiger partial charge in [0.2, 0.25) is 0 Å². The molecule has 4 heteroatoms. The Morgan fingerprint density at radius 3 is 3.24 bits per heavy atom. The van der Waals surface area contributed by atoms with Gasteiger partial charge < -0.3 is 15.0 Å². The lowest BCUT2D eigenvalue weighted by Crippen LogP contribution is -2.53. The molecule has 0 aliphatic carbocycles. The second-order valence-corrected chi connectivity index (χ2v) is 6.55. The predicted octanol–water partition coefficient (Wildman–Crippen LogP) is 1.92. The maximum Gasteiger partial charge on any atom is 0.132 e. The second-order valence-electron chi connectivity index (χ2n) is 6.55. The summed E-state index contributed by atoms with van der Waals surface area (Å²) in [6.45, 7) is 4.22. The van der Waals surface area contributed by atoms with Crippen molar-refractivity contribution in [3.8, 4) is 0 Å². The van der Waals surface area contributed by atoms with E-state index in [-0.39, 0.29) is 0 Å². The van der Waals surface area contributed by atoms with E-state index in [4.69, 9.17) is 9.72 Å². The summed E-state index contributed by atoms with van der Waals surface area (Å²) in [5.41, 5.74) is 2.97. The summed E-state index contributed by atoms with van der Waals surface area (Å²) in [6.07, 6.45) is 9.69. The second kappa shape index (κ2) is 5.93. The zero-order valence-corrected chi connectivity index (χ0v) is 12.7. The molecule has 0 aromatic carbocycles. The standard InChI is InChI=1S/C17H25N3O/c1-2-10-21-15(3-1)11-13-6-7-19-17-16(13)5-4-14-12-18-8-9-20(14)17/h6-7,14-15,18H,1-5,8-12H2/t14-,15?/m1/s1. The number of aromatic nitrogens is 1. The Kier molecular flexibility index (Phi) is 3.82. The molecule has 114 valence electrons. The van der Waals surface area contributed by atoms with E-state index >= 15 is 0 Å². The molecule has 1 N–H and O–H groups in total. The van der Waals surface area contributed by atoms with E-state index in [9.17, 15) is 0 Å². The number of anilines is 1. The van der Waals surface area contributed by atoms with Crippen molar-refractivity contribution in [2.45, 2.75) is 50.7 Å². The number of nitrogens with zero attached hydrogens (tertiary/aromatic N) is 2. The van der Waals surface area contributed by atoms with E-state index in [1.165, 1.54) is 49.0 Å². The third-order valence-electron chi connectivity index (χ3n) is 5.20. The molecule has 1 aromatic heterocycles. The minimum Gasteiger partial charge on any atom is -0.378 e. The lowest BCUT2D eigenvalue weighted by atomic mass is 9.90. The average molecular weight is 287 g/mol. The van der Waals surface area contributed by atoms with Crippen molar-refractivity contribution >= 4 is 5.82 Å². The van der Waals surface area contributed by atoms with Crippen LogP contribution in [0, 0.1) is 0 Å². The van der Waals surface area contributed by atoms with Crippen LogP contribution in [0.1, 0.15) is 36.8 Å². The molecule has 1 aromatic rings. The molecule has 0 saturated carbocycles. The summed E-state index contributed by atoms with van der Waals surface area (Å²) in [7, 11) is 0. The molecule has 3 aliphatic rings. The van der Waals surface area contributed by atoms with Gasteiger partial charge in [0.1, 0.15) is 5.82 Å². The highest BCUT2D eigenvalue weighted by Gasteiger charge is 2.31. The molecule has 4 rings (SSSR count). The topological polar surface area (TPSA) is 37.4 Å². The molecule has 3 aliphatic heterocycles. The Balaban J connectivity index is 1.58. The van der Waals surface area contributed by atoms with Gasteiger partial charge in [-0.3, -0.25) is 0 Å². The van der Waals surface area contributed by atoms with Gasteiger partial charge in [-0.1, -0.05) is 0 Å². The third-order valence-corrected chi connectivity index (χ3v) is 5.20. The summed E-state index contributed by atoms with van der Waals surface area (Å²) in [6, 6.07) is 2.86. The van der Waals surface area contributed by atoms with Gasteiger partial charge in [0.15, 0.2) is 0 Å². The van der Waals surface area contributed by atoms with Crippen LogP contribution in [0.3, 0.4) is 0 Å². The van der Waals surface area contributed by atoms with Crippen LogP contribution >= 0.6 is 0 Å². The maximum atomic E-state index is 5.94. The smallest absolute Gasteiger partial charge is 0.132 e. The number of hydrogen-bond acceptors (Lipinski definition) is 4. The van der Waals surface area contributed by atoms with Crippen molar-refractivity contribution in [1.82, 2.24) is 10.3 Å². The molecule has 4 heterocycles. The van der Waals surface area contributed by atoms with Crippen LogP contribution in [0.25, 0.3) is 0 Å². The van der Waals surface area contributed by atoms with Crippen molar-refractivity contribution in [1.29, 1.82) is 0 Å². The highest BCUT2D eigenvalue weighted by Crippen LogP contribution is 2.33. The van der Waals surface area contributed by atoms with E-state index < -0.39 is 0 Å². The summed E-state index contributed by atoms with van der Waals surface area (Å²) < 4.78 is 5.94. The van der Waals surface area contributed by atoms with Crippen LogP contribution in [-0.4, -0.2) is 43.4 Å². The first-order valence-corrected chi connectivity index (χ1v) is 8.47. The Labute approximate surface area is 126 Å². The van der Waals surface area contributed by atoms with Crippen LogP contribution in [0.15, 0.2) is 12.3 Å². The average Bonchev–Trinajstić information content (AvgIpc) is 2.56. The van der Waals surface area contributed by atoms with Gasteiger partial charge in [-0.2, -0.15) is 0 Å². The molecule has 0 amide bonds. The first kappa shape index (κ1) is 13.5. The normalized spacial score (nSPS) is 28.9. The molecule has 21 heavy (non-hydrogen) atoms. The van der Waals surface area contributed by atoms with Crippen LogP contribution in [-0.2, 0) is 17.6 Å². The number of hydrogen-bond donors (Lipinski definition) is 1. The molecule has 0 radical (unpaired) electrons. The van der Waals surface area contributed by atoms with Gasteiger partial charge in [-0.05, 0) is 55.7 Å². The van der Waals surface area contributed by atoms with Crippen LogP contribution < -0.4 is 10.2 Å². The molecular formula is C17H25N3O. The monoisotopic (exact) mass is 287 g/mol. The molecule has 2 atom stereocenters. The quantitative estimate of drug-likeness (QED) is 0.902. The first-order chi connectivity index (χ1) is 10.4. The van der Waals surface area contributed by atoms with E-state index in [1.54, 1.807) is 0 Å². The highest BCUT2D eigenvalue weighted by molar-refractivity contribution is 5.54. The van der Waals surface area contributed by atoms with Gasteiger partial charge in [0.05, 0.1) is 6.10 Å². The first-order valence-electron chi connectivity index (χ1n) is 8.47. The van der Waals surface area contributed by atoms with Crippen LogP contribution in [0.5, 0.6) is 0 Å². The van der Waals surface area contributed by atoms with Gasteiger partial charge >= 0.3 is 0 Å². The van der Waals surface area contributed by atoms with Gasteiger partial charge in [0, 0.05) is 38.5 Å². The third kappa shape index (κ3) is 2.67. The molecule has 1 unspecified atom stereocenters. The lowest BCUT2D eigenvalue weighted by molar-refractivity contribution is 0.0166. The SMILES string of the molecule is c1cc(CC2CCCCO2)c2c(n1)N1CCNC[C@H]1CC2. The zero-order valence-electron chi connectivity index (χ0n) is 12.7. The summed E-state index contributed by atoms with van der Waals surface area (Å²) in [5.74, 6) is 1.25. The number of rotatable bonds is 2. The highest BCUT2D eigenvalue weighted by atomic mass is 16.5. The van der Waals surface area contributed by atoms with E-state index in [0.717, 1.165) is 32.7 Å². The zero-order chi connectivity index (χ0) is 14.1. The largest absolute Gasteiger partial charge is 0.378 e. The fourth-order valence-corrected chi connectivity index (χ4v) is 4.05. The number of pyridine rings is 1. The van der Waals surface area contributed by atoms with E-state index in [2.05, 4.69) is 16.3 Å². The summed E-state index contributed by atoms with van der Waals surface area (Å²) >= 11 is 0. The Bertz CT molecular complexity index is 499. The number of fused-ring (bicyclic) bond motifs is 3. The van der Waals surface area contributed by atoms with Gasteiger partial charge in [0.25, 0.3) is 0 Å². The molecule has 0 bridgehead atoms. The van der Waals surface area contributed by atoms with Crippen molar-refractivity contribution in [3.05, 3.63) is 23.4 Å². The summed E-state index contributed by atoms with van der Waals surface area (Å²) in [4.78, 5) is 7.24. The molecule has 0 spiro atoms. The Morgan fingerprint density at radius 2 is 2.33 bits per heavy atom. The Hall–Kier alpha value is -1.13. The fraction of sp³-hybridized carbons (Fsp3) is 0.706. The predicted molar refractivity (Wildman–Crippen MR) is 83.9 cm³/mol. The Morgan fingerprint density at radius 1 is 1.33 bits per heavy atom. The van der Waals surface area contributed by atoms with Crippen molar-refractivity contribution < 1.29 is 4.74 Å². The molecule has 2 saturated heterocycles. The number of ether oxygens (including phenoxy) is 1. The number of nitrogens with one attached hydrogen (secondary N) is 1. The van der Waals surface area contributed by atoms with Crippen molar-refractivity contribution in [2.24, 2.45) is 0 Å².